The first kappa shape index (κ1) is 29.1. The largest absolute Gasteiger partial charge is 0.490 e. The van der Waals surface area contributed by atoms with Gasteiger partial charge in [0, 0.05) is 19.2 Å². The van der Waals surface area contributed by atoms with Gasteiger partial charge < -0.3 is 9.47 Å². The van der Waals surface area contributed by atoms with Crippen molar-refractivity contribution in [2.45, 2.75) is 76.7 Å². The lowest BCUT2D eigenvalue weighted by atomic mass is 9.95. The third-order valence-electron chi connectivity index (χ3n) is 5.77. The molecule has 1 aromatic carbocycles. The summed E-state index contributed by atoms with van der Waals surface area (Å²) in [6.07, 6.45) is 9.82. The van der Waals surface area contributed by atoms with Gasteiger partial charge in [0.1, 0.15) is 23.0 Å². The second-order valence-electron chi connectivity index (χ2n) is 8.13. The normalized spacial score (nSPS) is 19.0. The molecule has 0 amide bonds. The molecular formula is C27H33F4N3O2. The second-order valence-corrected chi connectivity index (χ2v) is 8.13. The maximum Gasteiger partial charge on any atom is 0.423 e. The standard InChI is InChI=1S/C17H20F3N3O2.C6H5F.C2H6.C2H2/c1-24-11-4-6-12(7-5-11)25-13-8-9-23-15(10-2-3-10)21-22-16(23)14(13)17(18,19)20;7-6-4-2-1-3-5-6;2*1-2/h8-12H,2-7H2,1H3;1-5H;1-2H3;1-2H. The van der Waals surface area contributed by atoms with Gasteiger partial charge in [-0.25, -0.2) is 4.39 Å². The quantitative estimate of drug-likeness (QED) is 0.280. The molecule has 5 rings (SSSR count). The molecule has 0 atom stereocenters. The minimum Gasteiger partial charge on any atom is -0.490 e. The summed E-state index contributed by atoms with van der Waals surface area (Å²) in [5.41, 5.74) is -0.999. The van der Waals surface area contributed by atoms with E-state index in [0.29, 0.717) is 18.7 Å². The predicted octanol–water partition coefficient (Wildman–Crippen LogP) is 7.06. The number of nitrogens with zero attached hydrogens (tertiary/aromatic N) is 3. The highest BCUT2D eigenvalue weighted by Crippen LogP contribution is 2.43. The maximum absolute atomic E-state index is 13.7. The third-order valence-corrected chi connectivity index (χ3v) is 5.77. The Morgan fingerprint density at radius 3 is 1.94 bits per heavy atom. The fourth-order valence-corrected chi connectivity index (χ4v) is 3.92. The molecule has 0 spiro atoms. The Balaban J connectivity index is 0.000000351. The predicted molar refractivity (Wildman–Crippen MR) is 131 cm³/mol. The van der Waals surface area contributed by atoms with Gasteiger partial charge in [0.25, 0.3) is 0 Å². The molecule has 2 fully saturated rings. The van der Waals surface area contributed by atoms with Gasteiger partial charge in [0.2, 0.25) is 0 Å². The Bertz CT molecular complexity index is 1070. The first-order valence-electron chi connectivity index (χ1n) is 12.0. The minimum absolute atomic E-state index is 0.157. The van der Waals surface area contributed by atoms with E-state index >= 15 is 0 Å². The zero-order valence-electron chi connectivity index (χ0n) is 20.8. The van der Waals surface area contributed by atoms with Crippen LogP contribution in [0.25, 0.3) is 5.65 Å². The van der Waals surface area contributed by atoms with Crippen molar-refractivity contribution < 1.29 is 27.0 Å². The Hall–Kier alpha value is -3.12. The summed E-state index contributed by atoms with van der Waals surface area (Å²) < 4.78 is 65.5. The van der Waals surface area contributed by atoms with Crippen LogP contribution in [0.4, 0.5) is 17.6 Å². The summed E-state index contributed by atoms with van der Waals surface area (Å²) in [5, 5.41) is 7.80. The SMILES string of the molecule is C#C.CC.COC1CCC(Oc2ccn3c(C4CC4)nnc3c2C(F)(F)F)CC1.Fc1ccccc1. The van der Waals surface area contributed by atoms with E-state index in [4.69, 9.17) is 9.47 Å². The van der Waals surface area contributed by atoms with Gasteiger partial charge in [0.05, 0.1) is 12.2 Å². The molecule has 2 aliphatic rings. The molecule has 5 nitrogen and oxygen atoms in total. The molecule has 3 aromatic rings. The van der Waals surface area contributed by atoms with E-state index in [1.54, 1.807) is 31.5 Å². The topological polar surface area (TPSA) is 48.7 Å². The van der Waals surface area contributed by atoms with Crippen LogP contribution in [0.15, 0.2) is 42.6 Å². The van der Waals surface area contributed by atoms with E-state index in [1.165, 1.54) is 22.6 Å². The highest BCUT2D eigenvalue weighted by molar-refractivity contribution is 5.57. The number of hydrogen-bond acceptors (Lipinski definition) is 4. The fraction of sp³-hybridized carbons (Fsp3) is 0.481. The molecule has 0 bridgehead atoms. The third kappa shape index (κ3) is 7.69. The van der Waals surface area contributed by atoms with Gasteiger partial charge in [0.15, 0.2) is 5.65 Å². The molecule has 0 aliphatic heterocycles. The number of alkyl halides is 3. The summed E-state index contributed by atoms with van der Waals surface area (Å²) in [5.74, 6) is 0.484. The van der Waals surface area contributed by atoms with Crippen molar-refractivity contribution in [1.82, 2.24) is 14.6 Å². The maximum atomic E-state index is 13.7. The van der Waals surface area contributed by atoms with E-state index in [2.05, 4.69) is 23.0 Å². The van der Waals surface area contributed by atoms with Crippen molar-refractivity contribution in [3.05, 3.63) is 59.8 Å². The highest BCUT2D eigenvalue weighted by atomic mass is 19.4. The fourth-order valence-electron chi connectivity index (χ4n) is 3.92. The number of terminal acetylenes is 1. The Kier molecular flexibility index (Phi) is 11.2. The number of rotatable bonds is 4. The average molecular weight is 508 g/mol. The zero-order chi connectivity index (χ0) is 26.7. The van der Waals surface area contributed by atoms with Gasteiger partial charge in [-0.15, -0.1) is 23.0 Å². The number of benzene rings is 1. The van der Waals surface area contributed by atoms with E-state index in [0.717, 1.165) is 25.7 Å². The second kappa shape index (κ2) is 13.8. The van der Waals surface area contributed by atoms with Crippen LogP contribution >= 0.6 is 0 Å². The molecule has 2 aromatic heterocycles. The molecule has 0 radical (unpaired) electrons. The van der Waals surface area contributed by atoms with E-state index in [1.807, 2.05) is 13.8 Å². The zero-order valence-corrected chi connectivity index (χ0v) is 20.8. The van der Waals surface area contributed by atoms with Crippen LogP contribution in [0.2, 0.25) is 0 Å². The van der Waals surface area contributed by atoms with Crippen LogP contribution in [0.3, 0.4) is 0 Å². The Morgan fingerprint density at radius 2 is 1.47 bits per heavy atom. The van der Waals surface area contributed by atoms with Crippen LogP contribution < -0.4 is 4.74 Å². The van der Waals surface area contributed by atoms with Gasteiger partial charge in [-0.05, 0) is 56.7 Å². The van der Waals surface area contributed by atoms with Crippen LogP contribution in [0.5, 0.6) is 5.75 Å². The summed E-state index contributed by atoms with van der Waals surface area (Å²) in [4.78, 5) is 0. The number of hydrogen-bond donors (Lipinski definition) is 0. The molecule has 0 unspecified atom stereocenters. The number of fused-ring (bicyclic) bond motifs is 1. The van der Waals surface area contributed by atoms with Crippen molar-refractivity contribution in [1.29, 1.82) is 0 Å². The highest BCUT2D eigenvalue weighted by Gasteiger charge is 2.40. The monoisotopic (exact) mass is 507 g/mol. The lowest BCUT2D eigenvalue weighted by molar-refractivity contribution is -0.138. The molecule has 2 aliphatic carbocycles. The lowest BCUT2D eigenvalue weighted by Crippen LogP contribution is -2.28. The van der Waals surface area contributed by atoms with Gasteiger partial charge in [-0.2, -0.15) is 13.2 Å². The molecular weight excluding hydrogens is 474 g/mol. The van der Waals surface area contributed by atoms with Gasteiger partial charge >= 0.3 is 6.18 Å². The van der Waals surface area contributed by atoms with Crippen LogP contribution in [-0.4, -0.2) is 33.9 Å². The van der Waals surface area contributed by atoms with Gasteiger partial charge in [-0.1, -0.05) is 32.0 Å². The smallest absolute Gasteiger partial charge is 0.423 e. The van der Waals surface area contributed by atoms with Crippen molar-refractivity contribution >= 4 is 5.65 Å². The summed E-state index contributed by atoms with van der Waals surface area (Å²) >= 11 is 0. The summed E-state index contributed by atoms with van der Waals surface area (Å²) in [6.45, 7) is 4.00. The molecule has 196 valence electrons. The molecule has 0 N–H and O–H groups in total. The van der Waals surface area contributed by atoms with Crippen LogP contribution in [0, 0.1) is 18.7 Å². The van der Waals surface area contributed by atoms with Crippen LogP contribution in [-0.2, 0) is 10.9 Å². The summed E-state index contributed by atoms with van der Waals surface area (Å²) in [6, 6.07) is 9.33. The molecule has 36 heavy (non-hydrogen) atoms. The molecule has 2 saturated carbocycles. The van der Waals surface area contributed by atoms with E-state index in [-0.39, 0.29) is 35.3 Å². The number of ether oxygens (including phenoxy) is 2. The van der Waals surface area contributed by atoms with Crippen molar-refractivity contribution in [3.8, 4) is 18.6 Å². The van der Waals surface area contributed by atoms with Crippen molar-refractivity contribution in [2.75, 3.05) is 7.11 Å². The Morgan fingerprint density at radius 1 is 0.889 bits per heavy atom. The molecule has 0 saturated heterocycles. The number of halogens is 4. The van der Waals surface area contributed by atoms with Crippen LogP contribution in [0.1, 0.15) is 69.7 Å². The summed E-state index contributed by atoms with van der Waals surface area (Å²) in [7, 11) is 1.66. The minimum atomic E-state index is -4.55. The van der Waals surface area contributed by atoms with E-state index in [9.17, 15) is 17.6 Å². The number of methoxy groups -OCH3 is 1. The number of aromatic nitrogens is 3. The van der Waals surface area contributed by atoms with Crippen molar-refractivity contribution in [3.63, 3.8) is 0 Å². The van der Waals surface area contributed by atoms with Crippen molar-refractivity contribution in [2.24, 2.45) is 0 Å². The Labute approximate surface area is 209 Å². The first-order valence-corrected chi connectivity index (χ1v) is 12.0. The number of pyridine rings is 1. The molecule has 9 heteroatoms. The average Bonchev–Trinajstić information content (AvgIpc) is 3.65. The van der Waals surface area contributed by atoms with E-state index < -0.39 is 11.7 Å². The van der Waals surface area contributed by atoms with Gasteiger partial charge in [-0.3, -0.25) is 4.40 Å². The first-order chi connectivity index (χ1) is 17.4. The lowest BCUT2D eigenvalue weighted by Gasteiger charge is -2.29. The molecule has 2 heterocycles.